The van der Waals surface area contributed by atoms with E-state index in [1.165, 1.54) is 63.5 Å². The number of phenols is 1. The van der Waals surface area contributed by atoms with Crippen molar-refractivity contribution >= 4 is 28.4 Å². The number of aliphatic imine (C=N–C) groups is 1. The highest BCUT2D eigenvalue weighted by molar-refractivity contribution is 7.15. The van der Waals surface area contributed by atoms with Gasteiger partial charge in [0, 0.05) is 79.1 Å². The number of piperidine rings is 1. The van der Waals surface area contributed by atoms with Crippen LogP contribution in [0.3, 0.4) is 0 Å². The van der Waals surface area contributed by atoms with Gasteiger partial charge in [0.2, 0.25) is 0 Å². The zero-order chi connectivity index (χ0) is 45.3. The van der Waals surface area contributed by atoms with E-state index in [2.05, 4.69) is 133 Å². The molecule has 3 atom stereocenters. The van der Waals surface area contributed by atoms with Crippen molar-refractivity contribution in [2.24, 2.45) is 10.9 Å². The molecular weight excluding hydrogens is 849 g/mol. The molecule has 0 saturated carbocycles. The smallest absolute Gasteiger partial charge is 0.196 e. The first-order valence-electron chi connectivity index (χ1n) is 24.1. The van der Waals surface area contributed by atoms with Gasteiger partial charge in [-0.05, 0) is 123 Å². The van der Waals surface area contributed by atoms with Gasteiger partial charge in [-0.3, -0.25) is 14.5 Å². The number of benzene rings is 4. The number of rotatable bonds is 9. The minimum Gasteiger partial charge on any atom is -0.508 e. The highest BCUT2D eigenvalue weighted by Crippen LogP contribution is 2.47. The standard InChI is InChI=1S/C53H56N8O2S.C2H6.CH4/c1-34-35(2)64-53-49(34)51(55-47(32-48-54-23-30-63-48)52-57-56-36(3)61(52)53)40-11-16-43(17-12-40)60-28-26-58(27-29-60)33-37-21-24-59(25-22-37)42-14-9-39(10-15-42)50-45(38-7-5-4-6-8-38)19-13-41-31-44(62)18-20-46(41)50;1-2;/h4-12,14-18,20,23,30-31,37,45,47,50,62H,13,19,21-22,24-29,32-33H2,1-3H3;1-2H3;1H4. The van der Waals surface area contributed by atoms with E-state index in [-0.39, 0.29) is 19.4 Å². The molecule has 3 aromatic heterocycles. The molecule has 3 aliphatic heterocycles. The summed E-state index contributed by atoms with van der Waals surface area (Å²) < 4.78 is 7.87. The zero-order valence-corrected chi connectivity index (χ0v) is 39.8. The maximum absolute atomic E-state index is 10.3. The van der Waals surface area contributed by atoms with E-state index in [0.717, 1.165) is 91.5 Å². The summed E-state index contributed by atoms with van der Waals surface area (Å²) in [5.41, 5.74) is 12.5. The van der Waals surface area contributed by atoms with Crippen molar-refractivity contribution < 1.29 is 9.52 Å². The van der Waals surface area contributed by atoms with Gasteiger partial charge in [-0.15, -0.1) is 21.5 Å². The molecule has 0 radical (unpaired) electrons. The van der Waals surface area contributed by atoms with Crippen LogP contribution in [-0.4, -0.2) is 81.3 Å². The SMILES string of the molecule is C.CC.Cc1sc2c(c1C)C(c1ccc(N3CCN(CC4CCN(c5ccc(C6c7ccc(O)cc7CCC6c6ccccc6)cc5)CC4)CC3)cc1)=NC(Cc1ncco1)c1nnc(C)n1-2. The number of aromatic nitrogens is 4. The minimum atomic E-state index is -0.280. The lowest BCUT2D eigenvalue weighted by atomic mass is 9.69. The fraction of sp³-hybridized carbons (Fsp3) is 0.393. The number of hydrogen-bond donors (Lipinski definition) is 1. The van der Waals surface area contributed by atoms with Crippen molar-refractivity contribution in [3.8, 4) is 10.8 Å². The number of phenolic OH excluding ortho intramolecular Hbond substituents is 1. The molecule has 348 valence electrons. The second-order valence-electron chi connectivity index (χ2n) is 18.3. The van der Waals surface area contributed by atoms with Crippen LogP contribution in [0.15, 0.2) is 119 Å². The molecule has 10 nitrogen and oxygen atoms in total. The van der Waals surface area contributed by atoms with Crippen LogP contribution in [0.4, 0.5) is 11.4 Å². The Morgan fingerprint density at radius 1 is 0.761 bits per heavy atom. The van der Waals surface area contributed by atoms with E-state index >= 15 is 0 Å². The lowest BCUT2D eigenvalue weighted by Gasteiger charge is -2.40. The number of piperazine rings is 1. The first kappa shape index (κ1) is 46.1. The Kier molecular flexibility index (Phi) is 13.8. The van der Waals surface area contributed by atoms with Crippen LogP contribution in [0.2, 0.25) is 0 Å². The van der Waals surface area contributed by atoms with Crippen molar-refractivity contribution in [3.63, 3.8) is 0 Å². The molecule has 11 rings (SSSR count). The molecule has 67 heavy (non-hydrogen) atoms. The molecule has 7 aromatic rings. The summed E-state index contributed by atoms with van der Waals surface area (Å²) in [6, 6.07) is 35.2. The van der Waals surface area contributed by atoms with E-state index < -0.39 is 0 Å². The molecule has 0 bridgehead atoms. The van der Waals surface area contributed by atoms with Crippen molar-refractivity contribution in [1.82, 2.24) is 24.6 Å². The Morgan fingerprint density at radius 2 is 1.46 bits per heavy atom. The van der Waals surface area contributed by atoms with Gasteiger partial charge in [0.05, 0.1) is 18.3 Å². The van der Waals surface area contributed by atoms with E-state index in [9.17, 15) is 5.11 Å². The summed E-state index contributed by atoms with van der Waals surface area (Å²) in [4.78, 5) is 19.0. The van der Waals surface area contributed by atoms with Gasteiger partial charge in [-0.25, -0.2) is 4.98 Å². The number of fused-ring (bicyclic) bond motifs is 4. The molecule has 3 unspecified atom stereocenters. The van der Waals surface area contributed by atoms with Crippen LogP contribution in [0, 0.1) is 26.7 Å². The molecular formula is C56H66N8O2S. The van der Waals surface area contributed by atoms with Gasteiger partial charge in [0.1, 0.15) is 28.9 Å². The minimum absolute atomic E-state index is 0. The van der Waals surface area contributed by atoms with Crippen LogP contribution in [-0.2, 0) is 12.8 Å². The summed E-state index contributed by atoms with van der Waals surface area (Å²) in [5, 5.41) is 20.5. The maximum atomic E-state index is 10.3. The zero-order valence-electron chi connectivity index (χ0n) is 39.0. The normalized spacial score (nSPS) is 19.5. The summed E-state index contributed by atoms with van der Waals surface area (Å²) >= 11 is 1.78. The lowest BCUT2D eigenvalue weighted by Crippen LogP contribution is -2.49. The predicted molar refractivity (Wildman–Crippen MR) is 274 cm³/mol. The highest BCUT2D eigenvalue weighted by Gasteiger charge is 2.34. The number of hydrogen-bond acceptors (Lipinski definition) is 10. The first-order valence-corrected chi connectivity index (χ1v) is 24.9. The maximum Gasteiger partial charge on any atom is 0.196 e. The summed E-state index contributed by atoms with van der Waals surface area (Å²) in [5.74, 6) is 4.10. The van der Waals surface area contributed by atoms with Crippen LogP contribution in [0.5, 0.6) is 5.75 Å². The second kappa shape index (κ2) is 20.1. The predicted octanol–water partition coefficient (Wildman–Crippen LogP) is 11.6. The Bertz CT molecular complexity index is 2760. The van der Waals surface area contributed by atoms with Gasteiger partial charge < -0.3 is 19.3 Å². The topological polar surface area (TPSA) is 99.1 Å². The number of aryl methyl sites for hydroxylation is 3. The average molecular weight is 915 g/mol. The third-order valence-corrected chi connectivity index (χ3v) is 15.7. The van der Waals surface area contributed by atoms with Gasteiger partial charge in [-0.1, -0.05) is 81.9 Å². The Morgan fingerprint density at radius 3 is 2.16 bits per heavy atom. The number of oxazole rings is 1. The van der Waals surface area contributed by atoms with E-state index in [1.54, 1.807) is 23.8 Å². The number of nitrogens with zero attached hydrogens (tertiary/aromatic N) is 8. The van der Waals surface area contributed by atoms with Crippen LogP contribution in [0.25, 0.3) is 5.00 Å². The molecule has 6 heterocycles. The van der Waals surface area contributed by atoms with Gasteiger partial charge in [-0.2, -0.15) is 0 Å². The van der Waals surface area contributed by atoms with Crippen LogP contribution < -0.4 is 9.80 Å². The molecule has 11 heteroatoms. The Balaban J connectivity index is 0.00000185. The first-order chi connectivity index (χ1) is 32.3. The van der Waals surface area contributed by atoms with Crippen LogP contribution in [0.1, 0.15) is 120 Å². The Labute approximate surface area is 401 Å². The highest BCUT2D eigenvalue weighted by atomic mass is 32.1. The number of thiophene rings is 1. The third kappa shape index (κ3) is 9.20. The molecule has 0 spiro atoms. The van der Waals surface area contributed by atoms with Gasteiger partial charge in [0.25, 0.3) is 0 Å². The molecule has 4 aromatic carbocycles. The van der Waals surface area contributed by atoms with E-state index in [4.69, 9.17) is 9.41 Å². The summed E-state index contributed by atoms with van der Waals surface area (Å²) in [6.45, 7) is 18.0. The van der Waals surface area contributed by atoms with Crippen LogP contribution >= 0.6 is 11.3 Å². The molecule has 0 amide bonds. The summed E-state index contributed by atoms with van der Waals surface area (Å²) in [6.07, 6.45) is 8.34. The molecule has 4 aliphatic rings. The van der Waals surface area contributed by atoms with Gasteiger partial charge in [0.15, 0.2) is 11.7 Å². The van der Waals surface area contributed by atoms with Gasteiger partial charge >= 0.3 is 0 Å². The van der Waals surface area contributed by atoms with E-state index in [0.29, 0.717) is 24.0 Å². The summed E-state index contributed by atoms with van der Waals surface area (Å²) in [7, 11) is 0. The number of anilines is 2. The molecule has 1 N–H and O–H groups in total. The largest absolute Gasteiger partial charge is 0.508 e. The fourth-order valence-corrected chi connectivity index (χ4v) is 12.2. The molecule has 2 fully saturated rings. The number of aromatic hydroxyl groups is 1. The Hall–Kier alpha value is -6.04. The van der Waals surface area contributed by atoms with Crippen molar-refractivity contribution in [2.75, 3.05) is 55.6 Å². The van der Waals surface area contributed by atoms with Crippen molar-refractivity contribution in [2.45, 2.75) is 92.0 Å². The van der Waals surface area contributed by atoms with E-state index in [1.807, 2.05) is 32.9 Å². The molecule has 2 saturated heterocycles. The lowest BCUT2D eigenvalue weighted by molar-refractivity contribution is 0.201. The monoisotopic (exact) mass is 915 g/mol. The third-order valence-electron chi connectivity index (χ3n) is 14.5. The fourth-order valence-electron chi connectivity index (χ4n) is 11.0. The quantitative estimate of drug-likeness (QED) is 0.153. The average Bonchev–Trinajstić information content (AvgIpc) is 4.08. The van der Waals surface area contributed by atoms with Crippen molar-refractivity contribution in [1.29, 1.82) is 0 Å². The molecule has 1 aliphatic carbocycles. The van der Waals surface area contributed by atoms with Crippen molar-refractivity contribution in [3.05, 3.63) is 171 Å². The second-order valence-corrected chi connectivity index (χ2v) is 19.5.